The third-order valence-electron chi connectivity index (χ3n) is 19.5. The van der Waals surface area contributed by atoms with Crippen LogP contribution in [0.1, 0.15) is 71.4 Å². The molecule has 8 N–H and O–H groups in total. The van der Waals surface area contributed by atoms with E-state index in [1.165, 1.54) is 50.9 Å². The van der Waals surface area contributed by atoms with Gasteiger partial charge in [0.25, 0.3) is 11.8 Å². The molecule has 2 amide bonds. The van der Waals surface area contributed by atoms with Gasteiger partial charge in [0.05, 0.1) is 77.3 Å². The van der Waals surface area contributed by atoms with E-state index < -0.39 is 59.5 Å². The highest BCUT2D eigenvalue weighted by atomic mass is 19.4. The van der Waals surface area contributed by atoms with Gasteiger partial charge in [0.1, 0.15) is 11.9 Å². The number of piperidine rings is 2. The Hall–Kier alpha value is -10.7. The van der Waals surface area contributed by atoms with Crippen LogP contribution in [0.3, 0.4) is 0 Å². The van der Waals surface area contributed by atoms with Crippen LogP contribution >= 0.6 is 0 Å². The van der Waals surface area contributed by atoms with Gasteiger partial charge in [-0.3, -0.25) is 18.4 Å². The molecule has 580 valence electrons. The Balaban J connectivity index is 0.000000212. The number of alkyl halides is 6. The SMILES string of the molecule is CCc1cc(Nc2nccn3c(-c4ccc(OC)c(F)c4F)cnc23)ccc1C(=O)NCC1CC[N+](CC(=O)O)(CC2CNC2)CC1.CCc1cc(Nc2nccn3c(-c4ccc(OC)c(F)c4F)cnc23)ccc1C(=O)NCC1CC[N+](CC(=O)O)(CC2CNC2)CC1.O=C([O-])C(F)(F)F.O=C([O-])C(F)(F)F. The summed E-state index contributed by atoms with van der Waals surface area (Å²) in [6.07, 6.45) is 3.63. The molecule has 36 heteroatoms. The normalized spacial score (nSPS) is 18.6. The largest absolute Gasteiger partial charge is 0.542 e. The maximum absolute atomic E-state index is 14.9. The lowest BCUT2D eigenvalue weighted by atomic mass is 9.91. The first-order valence-corrected chi connectivity index (χ1v) is 34.5. The predicted molar refractivity (Wildman–Crippen MR) is 368 cm³/mol. The van der Waals surface area contributed by atoms with E-state index in [1.54, 1.807) is 57.9 Å². The first-order chi connectivity index (χ1) is 51.3. The van der Waals surface area contributed by atoms with Crippen molar-refractivity contribution in [3.05, 3.63) is 143 Å². The van der Waals surface area contributed by atoms with E-state index in [0.29, 0.717) is 115 Å². The van der Waals surface area contributed by atoms with E-state index in [9.17, 15) is 73.3 Å². The number of amides is 2. The first-order valence-electron chi connectivity index (χ1n) is 34.5. The number of hydrogen-bond donors (Lipinski definition) is 8. The molecule has 0 unspecified atom stereocenters. The molecule has 0 bridgehead atoms. The maximum atomic E-state index is 14.9. The van der Waals surface area contributed by atoms with Crippen molar-refractivity contribution in [2.75, 3.05) is 116 Å². The van der Waals surface area contributed by atoms with E-state index in [2.05, 4.69) is 51.8 Å². The molecular weight excluding hydrogens is 1440 g/mol. The molecule has 0 spiro atoms. The molecule has 26 nitrogen and oxygen atoms in total. The number of carbonyl (C=O) groups excluding carboxylic acids is 4. The van der Waals surface area contributed by atoms with Gasteiger partial charge < -0.3 is 80.4 Å². The minimum absolute atomic E-state index is 0.0367. The zero-order valence-electron chi connectivity index (χ0n) is 59.0. The number of aryl methyl sites for hydroxylation is 2. The monoisotopic (exact) mass is 1520 g/mol. The van der Waals surface area contributed by atoms with Gasteiger partial charge in [0, 0.05) is 135 Å². The standard InChI is InChI=1S/2C34H39F2N7O4.2C2HF3O2/c2*1-3-23-14-24(41-32-33-39-18-27(42(33)11-10-38-32)26-6-7-28(47-2)31(36)30(26)35)4-5-25(23)34(46)40-17-21-8-12-43(13-9-21,20-29(44)45)19-22-15-37-16-22;2*3-2(4,5)1(6)7/h2*4-7,10-11,14,18,21-22,37H,3,8-9,12-13,15-17,19-20H2,1-2H3,(H2-,38,40,41,44,45,46);2*(H,6,7). The highest BCUT2D eigenvalue weighted by Gasteiger charge is 2.41. The predicted octanol–water partition coefficient (Wildman–Crippen LogP) is 7.10. The van der Waals surface area contributed by atoms with Crippen LogP contribution in [-0.4, -0.2) is 202 Å². The second-order valence-corrected chi connectivity index (χ2v) is 26.8. The van der Waals surface area contributed by atoms with Crippen LogP contribution in [0.15, 0.2) is 97.8 Å². The molecule has 0 saturated carbocycles. The molecule has 4 aliphatic heterocycles. The average molecular weight is 1520 g/mol. The molecule has 4 aliphatic rings. The third kappa shape index (κ3) is 20.1. The summed E-state index contributed by atoms with van der Waals surface area (Å²) < 4.78 is 136. The van der Waals surface area contributed by atoms with Gasteiger partial charge in [-0.15, -0.1) is 0 Å². The summed E-state index contributed by atoms with van der Waals surface area (Å²) in [5.41, 5.74) is 5.91. The van der Waals surface area contributed by atoms with Crippen LogP contribution in [0.5, 0.6) is 11.5 Å². The number of carboxylic acids is 4. The summed E-state index contributed by atoms with van der Waals surface area (Å²) in [7, 11) is 2.56. The highest BCUT2D eigenvalue weighted by Crippen LogP contribution is 2.36. The van der Waals surface area contributed by atoms with Crippen LogP contribution in [0.4, 0.5) is 66.9 Å². The lowest BCUT2D eigenvalue weighted by molar-refractivity contribution is -0.930. The molecule has 108 heavy (non-hydrogen) atoms. The minimum atomic E-state index is -5.19. The van der Waals surface area contributed by atoms with Crippen molar-refractivity contribution in [2.24, 2.45) is 23.7 Å². The fraction of sp³-hybridized carbons (Fsp3) is 0.417. The number of rotatable bonds is 24. The first kappa shape index (κ1) is 81.4. The lowest BCUT2D eigenvalue weighted by Crippen LogP contribution is -2.62. The fourth-order valence-corrected chi connectivity index (χ4v) is 13.7. The Kier molecular flexibility index (Phi) is 26.6. The number of carboxylic acid groups (broad SMARTS) is 4. The van der Waals surface area contributed by atoms with Crippen LogP contribution in [0.2, 0.25) is 0 Å². The quantitative estimate of drug-likeness (QED) is 0.0221. The number of aliphatic carboxylic acids is 4. The average Bonchev–Trinajstić information content (AvgIpc) is 1.60. The van der Waals surface area contributed by atoms with Crippen molar-refractivity contribution >= 4 is 70.0 Å². The maximum Gasteiger partial charge on any atom is 0.430 e. The summed E-state index contributed by atoms with van der Waals surface area (Å²) >= 11 is 0. The van der Waals surface area contributed by atoms with Gasteiger partial charge in [-0.2, -0.15) is 35.1 Å². The Labute approximate surface area is 611 Å². The summed E-state index contributed by atoms with van der Waals surface area (Å²) in [6.45, 7) is 14.2. The second kappa shape index (κ2) is 35.3. The third-order valence-corrected chi connectivity index (χ3v) is 19.5. The molecule has 0 radical (unpaired) electrons. The van der Waals surface area contributed by atoms with Crippen LogP contribution in [0.25, 0.3) is 33.8 Å². The Bertz CT molecular complexity index is 4270. The summed E-state index contributed by atoms with van der Waals surface area (Å²) in [5, 5.41) is 56.0. The van der Waals surface area contributed by atoms with Crippen molar-refractivity contribution in [2.45, 2.75) is 64.7 Å². The summed E-state index contributed by atoms with van der Waals surface area (Å²) in [6, 6.07) is 16.6. The number of imidazole rings is 2. The fourth-order valence-electron chi connectivity index (χ4n) is 13.7. The summed E-state index contributed by atoms with van der Waals surface area (Å²) in [5.74, 6) is -9.88. The Morgan fingerprint density at radius 1 is 0.537 bits per heavy atom. The molecule has 0 atom stereocenters. The van der Waals surface area contributed by atoms with Crippen LogP contribution in [0, 0.1) is 46.9 Å². The van der Waals surface area contributed by atoms with E-state index in [4.69, 9.17) is 29.3 Å². The van der Waals surface area contributed by atoms with Crippen molar-refractivity contribution < 1.29 is 112 Å². The van der Waals surface area contributed by atoms with Crippen LogP contribution in [-0.2, 0) is 32.0 Å². The van der Waals surface area contributed by atoms with Gasteiger partial charge >= 0.3 is 24.3 Å². The second-order valence-electron chi connectivity index (χ2n) is 26.8. The van der Waals surface area contributed by atoms with Crippen molar-refractivity contribution in [3.63, 3.8) is 0 Å². The number of fused-ring (bicyclic) bond motifs is 2. The number of anilines is 4. The zero-order chi connectivity index (χ0) is 78.4. The molecule has 8 aromatic rings. The number of quaternary nitrogens is 2. The van der Waals surface area contributed by atoms with E-state index in [0.717, 1.165) is 102 Å². The number of ether oxygens (including phenoxy) is 2. The zero-order valence-corrected chi connectivity index (χ0v) is 59.0. The topological polar surface area (TPSA) is 340 Å². The number of benzene rings is 4. The number of likely N-dealkylation sites (tertiary alicyclic amines) is 2. The van der Waals surface area contributed by atoms with Gasteiger partial charge in [0.15, 0.2) is 59.2 Å². The van der Waals surface area contributed by atoms with Gasteiger partial charge in [0.2, 0.25) is 11.6 Å². The molecular formula is C72H80F10N14O12. The van der Waals surface area contributed by atoms with Gasteiger partial charge in [-0.1, -0.05) is 13.8 Å². The van der Waals surface area contributed by atoms with E-state index >= 15 is 0 Å². The molecule has 0 aliphatic carbocycles. The smallest absolute Gasteiger partial charge is 0.430 e. The number of nitrogens with zero attached hydrogens (tertiary/aromatic N) is 8. The number of methoxy groups -OCH3 is 2. The highest BCUT2D eigenvalue weighted by molar-refractivity contribution is 5.97. The Morgan fingerprint density at radius 2 is 0.889 bits per heavy atom. The van der Waals surface area contributed by atoms with Crippen molar-refractivity contribution in [3.8, 4) is 34.0 Å². The molecule has 4 saturated heterocycles. The molecule has 8 heterocycles. The van der Waals surface area contributed by atoms with Gasteiger partial charge in [-0.25, -0.2) is 38.3 Å². The number of nitrogens with one attached hydrogen (secondary N) is 6. The summed E-state index contributed by atoms with van der Waals surface area (Å²) in [4.78, 5) is 85.1. The van der Waals surface area contributed by atoms with Crippen molar-refractivity contribution in [1.82, 2.24) is 50.0 Å². The minimum Gasteiger partial charge on any atom is -0.542 e. The number of hydrogen-bond acceptors (Lipinski definition) is 18. The molecule has 4 aromatic carbocycles. The molecule has 4 aromatic heterocycles. The number of halogens is 10. The number of carbonyl (C=O) groups is 6. The number of aromatic nitrogens is 6. The molecule has 4 fully saturated rings. The van der Waals surface area contributed by atoms with Gasteiger partial charge in [-0.05, 0) is 96.5 Å². The van der Waals surface area contributed by atoms with Crippen molar-refractivity contribution in [1.29, 1.82) is 0 Å². The van der Waals surface area contributed by atoms with E-state index in [1.807, 2.05) is 26.0 Å². The Morgan fingerprint density at radius 3 is 1.19 bits per heavy atom. The van der Waals surface area contributed by atoms with E-state index in [-0.39, 0.29) is 47.5 Å². The lowest BCUT2D eigenvalue weighted by Gasteiger charge is -2.46. The molecule has 12 rings (SSSR count). The van der Waals surface area contributed by atoms with Crippen LogP contribution < -0.4 is 51.6 Å².